The molecule has 1 fully saturated rings. The van der Waals surface area contributed by atoms with Crippen molar-refractivity contribution in [2.45, 2.75) is 6.42 Å². The molecule has 4 heteroatoms. The van der Waals surface area contributed by atoms with Gasteiger partial charge in [0.25, 0.3) is 0 Å². The maximum atomic E-state index is 13.1. The fourth-order valence-corrected chi connectivity index (χ4v) is 2.42. The highest BCUT2D eigenvalue weighted by Crippen LogP contribution is 2.32. The third-order valence-electron chi connectivity index (χ3n) is 3.26. The summed E-state index contributed by atoms with van der Waals surface area (Å²) in [5.74, 6) is 1.03. The number of benzene rings is 1. The van der Waals surface area contributed by atoms with Gasteiger partial charge in [-0.1, -0.05) is 0 Å². The number of methoxy groups -OCH3 is 1. The molecule has 17 heavy (non-hydrogen) atoms. The molecule has 1 heterocycles. The first-order chi connectivity index (χ1) is 8.24. The van der Waals surface area contributed by atoms with Gasteiger partial charge in [0, 0.05) is 19.2 Å². The number of hydrogen-bond donors (Lipinski definition) is 1. The van der Waals surface area contributed by atoms with Gasteiger partial charge in [0.2, 0.25) is 0 Å². The van der Waals surface area contributed by atoms with Crippen molar-refractivity contribution in [2.24, 2.45) is 5.92 Å². The van der Waals surface area contributed by atoms with Crippen molar-refractivity contribution < 1.29 is 9.13 Å². The van der Waals surface area contributed by atoms with E-state index in [1.807, 2.05) is 7.05 Å². The average molecular weight is 238 g/mol. The Kier molecular flexibility index (Phi) is 3.84. The van der Waals surface area contributed by atoms with Gasteiger partial charge in [-0.2, -0.15) is 0 Å². The molecular formula is C13H19FN2O. The van der Waals surface area contributed by atoms with Gasteiger partial charge in [0.15, 0.2) is 0 Å². The number of halogens is 1. The molecule has 1 aliphatic rings. The molecule has 0 aromatic heterocycles. The zero-order valence-electron chi connectivity index (χ0n) is 10.4. The lowest BCUT2D eigenvalue weighted by molar-refractivity contribution is 0.411. The molecule has 0 aliphatic carbocycles. The molecule has 1 aromatic rings. The summed E-state index contributed by atoms with van der Waals surface area (Å²) >= 11 is 0. The Morgan fingerprint density at radius 3 is 3.06 bits per heavy atom. The lowest BCUT2D eigenvalue weighted by atomic mass is 10.1. The number of anilines is 1. The summed E-state index contributed by atoms with van der Waals surface area (Å²) in [4.78, 5) is 2.26. The van der Waals surface area contributed by atoms with Gasteiger partial charge >= 0.3 is 0 Å². The van der Waals surface area contributed by atoms with Crippen LogP contribution in [0.2, 0.25) is 0 Å². The molecule has 0 radical (unpaired) electrons. The number of nitrogens with one attached hydrogen (secondary N) is 1. The quantitative estimate of drug-likeness (QED) is 0.866. The molecule has 1 saturated heterocycles. The van der Waals surface area contributed by atoms with Crippen molar-refractivity contribution in [1.82, 2.24) is 5.32 Å². The molecular weight excluding hydrogens is 219 g/mol. The Balaban J connectivity index is 2.12. The minimum absolute atomic E-state index is 0.253. The van der Waals surface area contributed by atoms with Crippen molar-refractivity contribution in [3.63, 3.8) is 0 Å². The van der Waals surface area contributed by atoms with Gasteiger partial charge < -0.3 is 15.0 Å². The van der Waals surface area contributed by atoms with Crippen molar-refractivity contribution in [2.75, 3.05) is 38.7 Å². The Morgan fingerprint density at radius 2 is 2.35 bits per heavy atom. The van der Waals surface area contributed by atoms with Crippen molar-refractivity contribution >= 4 is 5.69 Å². The first kappa shape index (κ1) is 12.2. The summed E-state index contributed by atoms with van der Waals surface area (Å²) in [7, 11) is 3.56. The average Bonchev–Trinajstić information content (AvgIpc) is 2.78. The van der Waals surface area contributed by atoms with Gasteiger partial charge in [-0.05, 0) is 38.1 Å². The molecule has 0 amide bonds. The number of nitrogens with zero attached hydrogens (tertiary/aromatic N) is 1. The van der Waals surface area contributed by atoms with Gasteiger partial charge in [0.05, 0.1) is 12.8 Å². The summed E-state index contributed by atoms with van der Waals surface area (Å²) in [5, 5.41) is 3.20. The largest absolute Gasteiger partial charge is 0.494 e. The number of rotatable bonds is 4. The highest BCUT2D eigenvalue weighted by molar-refractivity contribution is 5.59. The predicted octanol–water partition coefficient (Wildman–Crippen LogP) is 1.88. The van der Waals surface area contributed by atoms with E-state index in [9.17, 15) is 4.39 Å². The maximum absolute atomic E-state index is 13.1. The second-order valence-corrected chi connectivity index (χ2v) is 4.47. The molecule has 1 aliphatic heterocycles. The monoisotopic (exact) mass is 238 g/mol. The summed E-state index contributed by atoms with van der Waals surface area (Å²) in [6, 6.07) is 4.74. The molecule has 0 saturated carbocycles. The van der Waals surface area contributed by atoms with Crippen molar-refractivity contribution in [3.8, 4) is 5.75 Å². The van der Waals surface area contributed by atoms with Crippen LogP contribution < -0.4 is 15.0 Å². The van der Waals surface area contributed by atoms with Crippen LogP contribution in [-0.4, -0.2) is 33.8 Å². The minimum atomic E-state index is -0.253. The summed E-state index contributed by atoms with van der Waals surface area (Å²) in [6.45, 7) is 3.04. The molecule has 0 spiro atoms. The van der Waals surface area contributed by atoms with Gasteiger partial charge in [-0.25, -0.2) is 4.39 Å². The second kappa shape index (κ2) is 5.36. The van der Waals surface area contributed by atoms with E-state index in [-0.39, 0.29) is 5.82 Å². The molecule has 0 bridgehead atoms. The van der Waals surface area contributed by atoms with E-state index in [1.165, 1.54) is 18.6 Å². The molecule has 1 aromatic carbocycles. The van der Waals surface area contributed by atoms with Gasteiger partial charge in [-0.3, -0.25) is 0 Å². The molecule has 94 valence electrons. The van der Waals surface area contributed by atoms with Crippen LogP contribution >= 0.6 is 0 Å². The molecule has 1 unspecified atom stereocenters. The Hall–Kier alpha value is -1.29. The first-order valence-electron chi connectivity index (χ1n) is 5.97. The van der Waals surface area contributed by atoms with Crippen molar-refractivity contribution in [1.29, 1.82) is 0 Å². The number of ether oxygens (including phenoxy) is 1. The van der Waals surface area contributed by atoms with Crippen LogP contribution in [0.5, 0.6) is 5.75 Å². The highest BCUT2D eigenvalue weighted by Gasteiger charge is 2.24. The summed E-state index contributed by atoms with van der Waals surface area (Å²) < 4.78 is 18.3. The van der Waals surface area contributed by atoms with E-state index in [0.29, 0.717) is 11.7 Å². The zero-order chi connectivity index (χ0) is 12.3. The molecule has 1 atom stereocenters. The Bertz CT molecular complexity index is 384. The summed E-state index contributed by atoms with van der Waals surface area (Å²) in [5.41, 5.74) is 0.993. The fraction of sp³-hybridized carbons (Fsp3) is 0.538. The number of hydrogen-bond acceptors (Lipinski definition) is 3. The van der Waals surface area contributed by atoms with Gasteiger partial charge in [0.1, 0.15) is 11.6 Å². The molecule has 2 rings (SSSR count). The third kappa shape index (κ3) is 2.69. The Labute approximate surface area is 102 Å². The highest BCUT2D eigenvalue weighted by atomic mass is 19.1. The van der Waals surface area contributed by atoms with Crippen molar-refractivity contribution in [3.05, 3.63) is 24.0 Å². The van der Waals surface area contributed by atoms with Crippen LogP contribution in [0.3, 0.4) is 0 Å². The topological polar surface area (TPSA) is 24.5 Å². The van der Waals surface area contributed by atoms with Crippen LogP contribution in [0.1, 0.15) is 6.42 Å². The van der Waals surface area contributed by atoms with E-state index in [4.69, 9.17) is 4.74 Å². The van der Waals surface area contributed by atoms with Crippen LogP contribution in [0.4, 0.5) is 10.1 Å². The van der Waals surface area contributed by atoms with E-state index in [1.54, 1.807) is 13.2 Å². The van der Waals surface area contributed by atoms with E-state index < -0.39 is 0 Å². The normalized spacial score (nSPS) is 19.7. The standard InChI is InChI=1S/C13H19FN2O/c1-15-8-10-5-6-16(9-10)12-4-3-11(14)7-13(12)17-2/h3-4,7,10,15H,5-6,8-9H2,1-2H3. The predicted molar refractivity (Wildman–Crippen MR) is 67.2 cm³/mol. The van der Waals surface area contributed by atoms with Crippen LogP contribution in [0.25, 0.3) is 0 Å². The second-order valence-electron chi connectivity index (χ2n) is 4.47. The van der Waals surface area contributed by atoms with E-state index in [0.717, 1.165) is 25.3 Å². The lowest BCUT2D eigenvalue weighted by Gasteiger charge is -2.21. The lowest BCUT2D eigenvalue weighted by Crippen LogP contribution is -2.24. The fourth-order valence-electron chi connectivity index (χ4n) is 2.42. The first-order valence-corrected chi connectivity index (χ1v) is 5.97. The molecule has 1 N–H and O–H groups in total. The third-order valence-corrected chi connectivity index (χ3v) is 3.26. The van der Waals surface area contributed by atoms with Crippen LogP contribution in [0.15, 0.2) is 18.2 Å². The zero-order valence-corrected chi connectivity index (χ0v) is 10.4. The Morgan fingerprint density at radius 1 is 1.53 bits per heavy atom. The van der Waals surface area contributed by atoms with Gasteiger partial charge in [-0.15, -0.1) is 0 Å². The van der Waals surface area contributed by atoms with E-state index >= 15 is 0 Å². The van der Waals surface area contributed by atoms with Crippen LogP contribution in [-0.2, 0) is 0 Å². The summed E-state index contributed by atoms with van der Waals surface area (Å²) in [6.07, 6.45) is 1.17. The van der Waals surface area contributed by atoms with E-state index in [2.05, 4.69) is 10.2 Å². The SMILES string of the molecule is CNCC1CCN(c2ccc(F)cc2OC)C1. The minimum Gasteiger partial charge on any atom is -0.494 e. The molecule has 3 nitrogen and oxygen atoms in total. The smallest absolute Gasteiger partial charge is 0.145 e. The van der Waals surface area contributed by atoms with Crippen LogP contribution in [0, 0.1) is 11.7 Å². The maximum Gasteiger partial charge on any atom is 0.145 e.